The van der Waals surface area contributed by atoms with Crippen molar-refractivity contribution in [1.82, 2.24) is 24.8 Å². The minimum Gasteiger partial charge on any atom is -0.271 e. The van der Waals surface area contributed by atoms with E-state index in [9.17, 15) is 0 Å². The monoisotopic (exact) mass is 372 g/mol. The third-order valence-corrected chi connectivity index (χ3v) is 5.27. The van der Waals surface area contributed by atoms with E-state index < -0.39 is 0 Å². The standard InChI is InChI=1S/C13H21BrN6S/c1-7-10(14)9(20(5)18-7)6-8(16-15)11-12(13(2,3)4)17-19-21-11/h8,16H,6,15H2,1-5H3. The quantitative estimate of drug-likeness (QED) is 0.635. The predicted molar refractivity (Wildman–Crippen MR) is 88.0 cm³/mol. The molecule has 0 aromatic carbocycles. The van der Waals surface area contributed by atoms with Crippen LogP contribution in [0.2, 0.25) is 0 Å². The highest BCUT2D eigenvalue weighted by Crippen LogP contribution is 2.33. The molecule has 0 aliphatic rings. The van der Waals surface area contributed by atoms with Gasteiger partial charge in [0.05, 0.1) is 32.5 Å². The zero-order valence-corrected chi connectivity index (χ0v) is 15.3. The van der Waals surface area contributed by atoms with Crippen molar-refractivity contribution in [1.29, 1.82) is 0 Å². The van der Waals surface area contributed by atoms with E-state index in [1.54, 1.807) is 0 Å². The van der Waals surface area contributed by atoms with Crippen molar-refractivity contribution in [2.45, 2.75) is 45.6 Å². The van der Waals surface area contributed by atoms with Crippen LogP contribution in [0.15, 0.2) is 4.47 Å². The molecule has 0 amide bonds. The molecule has 0 spiro atoms. The summed E-state index contributed by atoms with van der Waals surface area (Å²) in [5.74, 6) is 5.79. The van der Waals surface area contributed by atoms with Crippen molar-refractivity contribution in [2.75, 3.05) is 0 Å². The lowest BCUT2D eigenvalue weighted by atomic mass is 9.89. The molecule has 2 rings (SSSR count). The van der Waals surface area contributed by atoms with E-state index in [-0.39, 0.29) is 11.5 Å². The Kier molecular flexibility index (Phi) is 4.82. The number of halogens is 1. The summed E-state index contributed by atoms with van der Waals surface area (Å²) < 4.78 is 7.02. The number of nitrogens with one attached hydrogen (secondary N) is 1. The Morgan fingerprint density at radius 1 is 1.43 bits per heavy atom. The Bertz CT molecular complexity index is 627. The van der Waals surface area contributed by atoms with Gasteiger partial charge in [0.2, 0.25) is 0 Å². The number of aryl methyl sites for hydroxylation is 2. The van der Waals surface area contributed by atoms with Crippen molar-refractivity contribution in [3.8, 4) is 0 Å². The van der Waals surface area contributed by atoms with Gasteiger partial charge in [-0.25, -0.2) is 0 Å². The molecular formula is C13H21BrN6S. The molecule has 0 saturated heterocycles. The van der Waals surface area contributed by atoms with Gasteiger partial charge in [-0.15, -0.1) is 5.10 Å². The summed E-state index contributed by atoms with van der Waals surface area (Å²) in [6.45, 7) is 8.37. The first-order valence-electron chi connectivity index (χ1n) is 6.72. The SMILES string of the molecule is Cc1nn(C)c(CC(NN)c2snnc2C(C)(C)C)c1Br. The van der Waals surface area contributed by atoms with Crippen LogP contribution in [0.5, 0.6) is 0 Å². The second-order valence-electron chi connectivity index (χ2n) is 6.13. The van der Waals surface area contributed by atoms with Gasteiger partial charge in [0.15, 0.2) is 0 Å². The zero-order chi connectivity index (χ0) is 15.8. The summed E-state index contributed by atoms with van der Waals surface area (Å²) in [4.78, 5) is 1.08. The highest BCUT2D eigenvalue weighted by atomic mass is 79.9. The minimum absolute atomic E-state index is 0.0367. The molecule has 116 valence electrons. The summed E-state index contributed by atoms with van der Waals surface area (Å²) in [6.07, 6.45) is 0.724. The van der Waals surface area contributed by atoms with Crippen molar-refractivity contribution in [3.63, 3.8) is 0 Å². The maximum atomic E-state index is 5.79. The van der Waals surface area contributed by atoms with E-state index in [1.165, 1.54) is 11.5 Å². The number of hydrazine groups is 1. The molecule has 2 heterocycles. The fourth-order valence-corrected chi connectivity index (χ4v) is 3.69. The fraction of sp³-hybridized carbons (Fsp3) is 0.615. The van der Waals surface area contributed by atoms with Crippen molar-refractivity contribution in [2.24, 2.45) is 12.9 Å². The highest BCUT2D eigenvalue weighted by Gasteiger charge is 2.28. The van der Waals surface area contributed by atoms with Gasteiger partial charge >= 0.3 is 0 Å². The Balaban J connectivity index is 2.35. The summed E-state index contributed by atoms with van der Waals surface area (Å²) in [6, 6.07) is -0.0367. The van der Waals surface area contributed by atoms with Crippen molar-refractivity contribution < 1.29 is 0 Å². The molecule has 0 fully saturated rings. The highest BCUT2D eigenvalue weighted by molar-refractivity contribution is 9.10. The first-order chi connectivity index (χ1) is 9.75. The van der Waals surface area contributed by atoms with E-state index in [4.69, 9.17) is 5.84 Å². The van der Waals surface area contributed by atoms with E-state index in [1.807, 2.05) is 18.7 Å². The number of hydrogen-bond donors (Lipinski definition) is 2. The molecular weight excluding hydrogens is 352 g/mol. The largest absolute Gasteiger partial charge is 0.271 e. The van der Waals surface area contributed by atoms with Crippen LogP contribution in [-0.2, 0) is 18.9 Å². The molecule has 0 aliphatic carbocycles. The maximum absolute atomic E-state index is 5.79. The van der Waals surface area contributed by atoms with Crippen LogP contribution in [0.25, 0.3) is 0 Å². The van der Waals surface area contributed by atoms with Gasteiger partial charge in [-0.05, 0) is 34.4 Å². The average Bonchev–Trinajstić information content (AvgIpc) is 2.95. The van der Waals surface area contributed by atoms with Crippen LogP contribution in [0.1, 0.15) is 48.8 Å². The molecule has 0 radical (unpaired) electrons. The lowest BCUT2D eigenvalue weighted by Crippen LogP contribution is -2.31. The first-order valence-corrected chi connectivity index (χ1v) is 8.29. The number of nitrogens with two attached hydrogens (primary N) is 1. The molecule has 2 aromatic heterocycles. The lowest BCUT2D eigenvalue weighted by molar-refractivity contribution is 0.504. The van der Waals surface area contributed by atoms with Gasteiger partial charge in [0.1, 0.15) is 0 Å². The Morgan fingerprint density at radius 2 is 2.10 bits per heavy atom. The van der Waals surface area contributed by atoms with Crippen LogP contribution in [0.4, 0.5) is 0 Å². The number of aromatic nitrogens is 4. The Hall–Kier alpha value is -0.830. The van der Waals surface area contributed by atoms with E-state index in [0.717, 1.165) is 32.9 Å². The zero-order valence-electron chi connectivity index (χ0n) is 12.9. The number of rotatable bonds is 4. The Morgan fingerprint density at radius 3 is 2.57 bits per heavy atom. The molecule has 8 heteroatoms. The van der Waals surface area contributed by atoms with Gasteiger partial charge in [-0.3, -0.25) is 16.0 Å². The van der Waals surface area contributed by atoms with E-state index in [0.29, 0.717) is 0 Å². The van der Waals surface area contributed by atoms with E-state index >= 15 is 0 Å². The summed E-state index contributed by atoms with van der Waals surface area (Å²) in [5, 5.41) is 8.71. The van der Waals surface area contributed by atoms with Gasteiger partial charge in [0, 0.05) is 18.9 Å². The first kappa shape index (κ1) is 16.5. The molecule has 0 aliphatic heterocycles. The van der Waals surface area contributed by atoms with Crippen LogP contribution in [0.3, 0.4) is 0 Å². The van der Waals surface area contributed by atoms with Gasteiger partial charge < -0.3 is 0 Å². The van der Waals surface area contributed by atoms with Crippen molar-refractivity contribution >= 4 is 27.5 Å². The van der Waals surface area contributed by atoms with Gasteiger partial charge in [-0.2, -0.15) is 5.10 Å². The smallest absolute Gasteiger partial charge is 0.0857 e. The molecule has 1 unspecified atom stereocenters. The van der Waals surface area contributed by atoms with Crippen LogP contribution < -0.4 is 11.3 Å². The topological polar surface area (TPSA) is 81.7 Å². The normalized spacial score (nSPS) is 13.7. The second-order valence-corrected chi connectivity index (χ2v) is 7.71. The fourth-order valence-electron chi connectivity index (χ4n) is 2.27. The van der Waals surface area contributed by atoms with Crippen LogP contribution >= 0.6 is 27.5 Å². The average molecular weight is 373 g/mol. The number of nitrogens with zero attached hydrogens (tertiary/aromatic N) is 4. The summed E-state index contributed by atoms with van der Waals surface area (Å²) >= 11 is 5.00. The molecule has 21 heavy (non-hydrogen) atoms. The molecule has 3 N–H and O–H groups in total. The molecule has 2 aromatic rings. The molecule has 0 bridgehead atoms. The summed E-state index contributed by atoms with van der Waals surface area (Å²) in [5.41, 5.74) is 5.90. The third-order valence-electron chi connectivity index (χ3n) is 3.40. The molecule has 6 nitrogen and oxygen atoms in total. The van der Waals surface area contributed by atoms with Gasteiger partial charge in [0.25, 0.3) is 0 Å². The third kappa shape index (κ3) is 3.33. The maximum Gasteiger partial charge on any atom is 0.0857 e. The van der Waals surface area contributed by atoms with Crippen LogP contribution in [-0.4, -0.2) is 19.4 Å². The predicted octanol–water partition coefficient (Wildman–Crippen LogP) is 2.39. The minimum atomic E-state index is -0.0585. The second kappa shape index (κ2) is 6.12. The van der Waals surface area contributed by atoms with Crippen LogP contribution in [0, 0.1) is 6.92 Å². The van der Waals surface area contributed by atoms with Crippen molar-refractivity contribution in [3.05, 3.63) is 26.4 Å². The molecule has 0 saturated carbocycles. The van der Waals surface area contributed by atoms with E-state index in [2.05, 4.69) is 56.8 Å². The van der Waals surface area contributed by atoms with Gasteiger partial charge in [-0.1, -0.05) is 25.3 Å². The summed E-state index contributed by atoms with van der Waals surface area (Å²) in [7, 11) is 1.94. The lowest BCUT2D eigenvalue weighted by Gasteiger charge is -2.21. The Labute approximate surface area is 137 Å². The number of hydrogen-bond acceptors (Lipinski definition) is 6. The molecule has 1 atom stereocenters.